The molecule has 0 aliphatic heterocycles. The Balaban J connectivity index is 2.01. The fourth-order valence-electron chi connectivity index (χ4n) is 4.67. The van der Waals surface area contributed by atoms with E-state index in [1.807, 2.05) is 21.1 Å². The average molecular weight is 508 g/mol. The van der Waals surface area contributed by atoms with Crippen LogP contribution in [0.3, 0.4) is 0 Å². The van der Waals surface area contributed by atoms with Gasteiger partial charge in [-0.05, 0) is 37.8 Å². The second-order valence-electron chi connectivity index (χ2n) is 11.5. The van der Waals surface area contributed by atoms with Gasteiger partial charge in [-0.15, -0.1) is 0 Å². The Bertz CT molecular complexity index is 734. The molecular formula is C30H53NO5. The quantitative estimate of drug-likeness (QED) is 0.111. The number of aliphatic carboxylic acids is 1. The third-order valence-corrected chi connectivity index (χ3v) is 6.58. The maximum absolute atomic E-state index is 12.1. The van der Waals surface area contributed by atoms with Crippen LogP contribution in [0.4, 0.5) is 0 Å². The summed E-state index contributed by atoms with van der Waals surface area (Å²) < 4.78 is 12.0. The monoisotopic (exact) mass is 507 g/mol. The molecule has 6 heteroatoms. The number of aryl methyl sites for hydroxylation is 3. The molecule has 1 heterocycles. The predicted octanol–water partition coefficient (Wildman–Crippen LogP) is 5.91. The maximum Gasteiger partial charge on any atom is 0.306 e. The molecule has 0 bridgehead atoms. The molecule has 0 amide bonds. The van der Waals surface area contributed by atoms with Crippen LogP contribution in [-0.2, 0) is 27.2 Å². The summed E-state index contributed by atoms with van der Waals surface area (Å²) in [5.74, 6) is 0.869. The van der Waals surface area contributed by atoms with Crippen molar-refractivity contribution < 1.29 is 28.3 Å². The van der Waals surface area contributed by atoms with Gasteiger partial charge in [-0.25, -0.2) is 0 Å². The lowest BCUT2D eigenvalue weighted by molar-refractivity contribution is -0.873. The van der Waals surface area contributed by atoms with Gasteiger partial charge >= 0.3 is 5.97 Å². The highest BCUT2D eigenvalue weighted by Gasteiger charge is 2.22. The van der Waals surface area contributed by atoms with E-state index in [0.29, 0.717) is 17.4 Å². The van der Waals surface area contributed by atoms with Gasteiger partial charge in [0, 0.05) is 31.7 Å². The number of carboxylic acid groups (broad SMARTS) is 1. The number of ether oxygens (including phenoxy) is 1. The Morgan fingerprint density at radius 3 is 2.00 bits per heavy atom. The summed E-state index contributed by atoms with van der Waals surface area (Å²) in [7, 11) is 5.84. The minimum atomic E-state index is -1.18. The first-order valence-electron chi connectivity index (χ1n) is 14.4. The van der Waals surface area contributed by atoms with Crippen LogP contribution < -0.4 is 5.11 Å². The van der Waals surface area contributed by atoms with Crippen molar-refractivity contribution in [1.82, 2.24) is 0 Å². The Kier molecular flexibility index (Phi) is 16.5. The topological polar surface area (TPSA) is 79.6 Å². The zero-order valence-electron chi connectivity index (χ0n) is 23.9. The van der Waals surface area contributed by atoms with Gasteiger partial charge in [0.1, 0.15) is 18.1 Å². The van der Waals surface area contributed by atoms with Crippen molar-refractivity contribution in [2.24, 2.45) is 0 Å². The molecule has 1 aromatic rings. The molecule has 0 saturated carbocycles. The average Bonchev–Trinajstić information content (AvgIpc) is 3.12. The number of carbonyl (C=O) groups excluding carboxylic acids is 2. The molecule has 208 valence electrons. The number of quaternary nitrogens is 1. The van der Waals surface area contributed by atoms with Crippen LogP contribution in [0.5, 0.6) is 0 Å². The molecule has 6 nitrogen and oxygen atoms in total. The number of hydrogen-bond acceptors (Lipinski definition) is 5. The van der Waals surface area contributed by atoms with Crippen LogP contribution in [0.25, 0.3) is 0 Å². The summed E-state index contributed by atoms with van der Waals surface area (Å²) >= 11 is 0. The summed E-state index contributed by atoms with van der Waals surface area (Å²) in [5.41, 5.74) is 1.32. The van der Waals surface area contributed by atoms with Crippen LogP contribution in [-0.4, -0.2) is 50.2 Å². The number of carboxylic acids is 1. The van der Waals surface area contributed by atoms with E-state index >= 15 is 0 Å². The Labute approximate surface area is 220 Å². The molecule has 1 aromatic heterocycles. The number of nitrogens with zero attached hydrogens (tertiary/aromatic N) is 1. The van der Waals surface area contributed by atoms with Gasteiger partial charge in [-0.1, -0.05) is 71.1 Å². The standard InChI is InChI=1S/C30H53NO5/c1-6-7-16-19-26-22-25(2)28(35-26)20-17-14-12-10-8-9-11-13-15-18-21-30(34)36-27(23-29(32)33)24-31(3,4)5/h22,27H,6-21,23-24H2,1-5H3. The number of likely N-dealkylation sites (N-methyl/N-ethyl adjacent to an activating group) is 1. The molecule has 0 fully saturated rings. The highest BCUT2D eigenvalue weighted by Crippen LogP contribution is 2.20. The largest absolute Gasteiger partial charge is 0.550 e. The summed E-state index contributed by atoms with van der Waals surface area (Å²) in [6.07, 6.45) is 17.1. The highest BCUT2D eigenvalue weighted by molar-refractivity contribution is 5.70. The third kappa shape index (κ3) is 16.8. The molecule has 1 atom stereocenters. The Hall–Kier alpha value is -1.82. The van der Waals surface area contributed by atoms with Crippen molar-refractivity contribution >= 4 is 11.9 Å². The van der Waals surface area contributed by atoms with Crippen molar-refractivity contribution in [2.75, 3.05) is 27.7 Å². The maximum atomic E-state index is 12.1. The van der Waals surface area contributed by atoms with Gasteiger partial charge < -0.3 is 23.5 Å². The second kappa shape index (κ2) is 18.4. The minimum absolute atomic E-state index is 0.246. The summed E-state index contributed by atoms with van der Waals surface area (Å²) in [5, 5.41) is 10.9. The van der Waals surface area contributed by atoms with Gasteiger partial charge in [0.2, 0.25) is 0 Å². The first-order chi connectivity index (χ1) is 17.1. The van der Waals surface area contributed by atoms with E-state index < -0.39 is 12.1 Å². The molecule has 1 rings (SSSR count). The molecule has 0 aromatic carbocycles. The van der Waals surface area contributed by atoms with E-state index in [2.05, 4.69) is 19.9 Å². The molecule has 1 unspecified atom stereocenters. The van der Waals surface area contributed by atoms with E-state index in [-0.39, 0.29) is 12.4 Å². The van der Waals surface area contributed by atoms with E-state index in [1.165, 1.54) is 75.5 Å². The van der Waals surface area contributed by atoms with Crippen LogP contribution >= 0.6 is 0 Å². The molecule has 0 saturated heterocycles. The van der Waals surface area contributed by atoms with Crippen LogP contribution in [0.1, 0.15) is 120 Å². The lowest BCUT2D eigenvalue weighted by Gasteiger charge is -2.29. The molecule has 0 N–H and O–H groups in total. The van der Waals surface area contributed by atoms with E-state index in [1.54, 1.807) is 0 Å². The molecule has 0 aliphatic rings. The van der Waals surface area contributed by atoms with Gasteiger partial charge in [0.15, 0.2) is 6.10 Å². The zero-order chi connectivity index (χ0) is 26.8. The van der Waals surface area contributed by atoms with Crippen LogP contribution in [0, 0.1) is 6.92 Å². The number of esters is 1. The number of unbranched alkanes of at least 4 members (excludes halogenated alkanes) is 11. The van der Waals surface area contributed by atoms with Crippen LogP contribution in [0.15, 0.2) is 10.5 Å². The lowest BCUT2D eigenvalue weighted by atomic mass is 10.0. The molecule has 0 aliphatic carbocycles. The van der Waals surface area contributed by atoms with Crippen LogP contribution in [0.2, 0.25) is 0 Å². The number of hydrogen-bond donors (Lipinski definition) is 0. The van der Waals surface area contributed by atoms with Gasteiger partial charge in [-0.3, -0.25) is 4.79 Å². The molecular weight excluding hydrogens is 454 g/mol. The van der Waals surface area contributed by atoms with Gasteiger partial charge in [-0.2, -0.15) is 0 Å². The first kappa shape index (κ1) is 32.2. The van der Waals surface area contributed by atoms with Gasteiger partial charge in [0.25, 0.3) is 0 Å². The second-order valence-corrected chi connectivity index (χ2v) is 11.5. The van der Waals surface area contributed by atoms with Crippen molar-refractivity contribution in [3.63, 3.8) is 0 Å². The smallest absolute Gasteiger partial charge is 0.306 e. The zero-order valence-corrected chi connectivity index (χ0v) is 23.9. The van der Waals surface area contributed by atoms with Crippen molar-refractivity contribution in [3.8, 4) is 0 Å². The summed E-state index contributed by atoms with van der Waals surface area (Å²) in [6.45, 7) is 4.86. The van der Waals surface area contributed by atoms with Crippen molar-refractivity contribution in [3.05, 3.63) is 23.2 Å². The third-order valence-electron chi connectivity index (χ3n) is 6.58. The minimum Gasteiger partial charge on any atom is -0.550 e. The lowest BCUT2D eigenvalue weighted by Crippen LogP contribution is -2.45. The normalized spacial score (nSPS) is 12.6. The van der Waals surface area contributed by atoms with E-state index in [0.717, 1.165) is 37.9 Å². The van der Waals surface area contributed by atoms with Gasteiger partial charge in [0.05, 0.1) is 21.1 Å². The van der Waals surface area contributed by atoms with E-state index in [9.17, 15) is 14.7 Å². The Morgan fingerprint density at radius 1 is 0.889 bits per heavy atom. The summed E-state index contributed by atoms with van der Waals surface area (Å²) in [4.78, 5) is 23.0. The fraction of sp³-hybridized carbons (Fsp3) is 0.800. The summed E-state index contributed by atoms with van der Waals surface area (Å²) in [6, 6.07) is 2.23. The SMILES string of the molecule is CCCCCc1cc(C)c(CCCCCCCCCCCCC(=O)OC(CC(=O)[O-])C[N+](C)(C)C)o1. The first-order valence-corrected chi connectivity index (χ1v) is 14.4. The van der Waals surface area contributed by atoms with E-state index in [4.69, 9.17) is 9.15 Å². The number of carbonyl (C=O) groups is 2. The van der Waals surface area contributed by atoms with Crippen molar-refractivity contribution in [2.45, 2.75) is 129 Å². The number of rotatable bonds is 22. The van der Waals surface area contributed by atoms with Crippen molar-refractivity contribution in [1.29, 1.82) is 0 Å². The predicted molar refractivity (Wildman–Crippen MR) is 144 cm³/mol. The fourth-order valence-corrected chi connectivity index (χ4v) is 4.67. The molecule has 36 heavy (non-hydrogen) atoms. The Morgan fingerprint density at radius 2 is 1.44 bits per heavy atom. The molecule has 0 radical (unpaired) electrons. The molecule has 0 spiro atoms. The number of furan rings is 1. The highest BCUT2D eigenvalue weighted by atomic mass is 16.5.